The fourth-order valence-electron chi connectivity index (χ4n) is 6.76. The molecule has 0 amide bonds. The highest BCUT2D eigenvalue weighted by molar-refractivity contribution is 5.72. The van der Waals surface area contributed by atoms with Crippen LogP contribution in [0.25, 0.3) is 0 Å². The number of hydrogen-bond donors (Lipinski definition) is 1. The van der Waals surface area contributed by atoms with Crippen LogP contribution in [0.4, 0.5) is 0 Å². The van der Waals surface area contributed by atoms with Crippen molar-refractivity contribution in [2.75, 3.05) is 41.0 Å². The number of ether oxygens (including phenoxy) is 3. The monoisotopic (exact) mass is 943 g/mol. The van der Waals surface area contributed by atoms with Crippen molar-refractivity contribution in [2.45, 2.75) is 187 Å². The van der Waals surface area contributed by atoms with Gasteiger partial charge in [0.15, 0.2) is 12.1 Å². The van der Waals surface area contributed by atoms with E-state index in [1.807, 2.05) is 21.1 Å². The third-order valence-corrected chi connectivity index (χ3v) is 10.8. The van der Waals surface area contributed by atoms with E-state index in [1.165, 1.54) is 25.7 Å². The van der Waals surface area contributed by atoms with Crippen LogP contribution in [0.5, 0.6) is 0 Å². The second kappa shape index (κ2) is 48.9. The molecule has 8 heteroatoms. The Labute approximate surface area is 415 Å². The molecule has 0 saturated heterocycles. The molecular weight excluding hydrogens is 847 g/mol. The van der Waals surface area contributed by atoms with Gasteiger partial charge >= 0.3 is 17.9 Å². The van der Waals surface area contributed by atoms with E-state index < -0.39 is 18.1 Å². The van der Waals surface area contributed by atoms with Crippen LogP contribution in [0.1, 0.15) is 174 Å². The summed E-state index contributed by atoms with van der Waals surface area (Å²) in [5, 5.41) is 9.66. The number of hydrogen-bond acceptors (Lipinski definition) is 6. The predicted molar refractivity (Wildman–Crippen MR) is 288 cm³/mol. The average molecular weight is 943 g/mol. The standard InChI is InChI=1S/C60H95NO7/c1-6-8-10-12-14-16-18-20-22-24-26-28-29-31-33-35-37-39-41-43-45-47-49-51-59(63)68-56(54-66-53-52-57(60(64)65)61(3,4)5)55-67-58(62)50-48-46-44-42-40-38-36-34-32-30-27-25-23-21-19-17-15-13-11-9-7-2/h8,10,14-17,20-23,26-28,30-31,33-34,36-37,39-40,42,56-57H,6-7,9,11-13,18-19,24-25,29,32,35,38,41,43-55H2,1-5H3/p+1/b10-8+,16-14+,17-15+,22-20+,23-21+,28-26+,30-27+,33-31+,36-34+,39-37+,42-40+. The van der Waals surface area contributed by atoms with Gasteiger partial charge in [0.25, 0.3) is 0 Å². The van der Waals surface area contributed by atoms with Crippen molar-refractivity contribution in [3.05, 3.63) is 134 Å². The first kappa shape index (κ1) is 63.5. The Morgan fingerprint density at radius 1 is 0.456 bits per heavy atom. The Morgan fingerprint density at radius 2 is 0.824 bits per heavy atom. The van der Waals surface area contributed by atoms with E-state index >= 15 is 0 Å². The van der Waals surface area contributed by atoms with Gasteiger partial charge in [-0.2, -0.15) is 0 Å². The van der Waals surface area contributed by atoms with Gasteiger partial charge in [-0.3, -0.25) is 9.59 Å². The average Bonchev–Trinajstić information content (AvgIpc) is 3.30. The van der Waals surface area contributed by atoms with Crippen molar-refractivity contribution in [2.24, 2.45) is 0 Å². The van der Waals surface area contributed by atoms with Crippen LogP contribution in [0.15, 0.2) is 134 Å². The minimum Gasteiger partial charge on any atom is -0.477 e. The Hall–Kier alpha value is -4.53. The maximum absolute atomic E-state index is 12.8. The molecule has 68 heavy (non-hydrogen) atoms. The molecule has 0 aromatic carbocycles. The van der Waals surface area contributed by atoms with Crippen molar-refractivity contribution < 1.29 is 38.2 Å². The summed E-state index contributed by atoms with van der Waals surface area (Å²) in [6.45, 7) is 4.50. The van der Waals surface area contributed by atoms with E-state index in [9.17, 15) is 19.5 Å². The fraction of sp³-hybridized carbons (Fsp3) is 0.583. The largest absolute Gasteiger partial charge is 0.477 e. The highest BCUT2D eigenvalue weighted by atomic mass is 16.6. The molecule has 0 rings (SSSR count). The lowest BCUT2D eigenvalue weighted by molar-refractivity contribution is -0.887. The molecule has 0 fully saturated rings. The molecule has 1 N–H and O–H groups in total. The van der Waals surface area contributed by atoms with Crippen LogP contribution in [0.2, 0.25) is 0 Å². The second-order valence-corrected chi connectivity index (χ2v) is 18.0. The maximum Gasteiger partial charge on any atom is 0.362 e. The van der Waals surface area contributed by atoms with Gasteiger partial charge in [0.2, 0.25) is 0 Å². The van der Waals surface area contributed by atoms with E-state index in [-0.39, 0.29) is 49.1 Å². The molecular formula is C60H96NO7+. The molecule has 0 aromatic rings. The summed E-state index contributed by atoms with van der Waals surface area (Å²) in [4.78, 5) is 37.2. The number of unbranched alkanes of at least 4 members (excludes halogenated alkanes) is 9. The number of aliphatic carboxylic acids is 1. The number of carboxylic acid groups (broad SMARTS) is 1. The number of carbonyl (C=O) groups is 3. The predicted octanol–water partition coefficient (Wildman–Crippen LogP) is 15.5. The van der Waals surface area contributed by atoms with Crippen LogP contribution in [-0.4, -0.2) is 80.6 Å². The number of likely N-dealkylation sites (N-methyl/N-ethyl adjacent to an activating group) is 1. The van der Waals surface area contributed by atoms with E-state index in [0.717, 1.165) is 109 Å². The summed E-state index contributed by atoms with van der Waals surface area (Å²) in [5.74, 6) is -1.57. The van der Waals surface area contributed by atoms with Crippen molar-refractivity contribution in [3.8, 4) is 0 Å². The van der Waals surface area contributed by atoms with Crippen molar-refractivity contribution in [1.82, 2.24) is 0 Å². The molecule has 0 aliphatic heterocycles. The van der Waals surface area contributed by atoms with Gasteiger partial charge in [0.1, 0.15) is 6.61 Å². The number of carbonyl (C=O) groups excluding carboxylic acids is 2. The van der Waals surface area contributed by atoms with Crippen LogP contribution in [-0.2, 0) is 28.6 Å². The van der Waals surface area contributed by atoms with Gasteiger partial charge in [-0.25, -0.2) is 4.79 Å². The minimum atomic E-state index is -0.891. The molecule has 2 unspecified atom stereocenters. The number of allylic oxidation sites excluding steroid dienone is 22. The van der Waals surface area contributed by atoms with E-state index in [4.69, 9.17) is 14.2 Å². The van der Waals surface area contributed by atoms with E-state index in [2.05, 4.69) is 148 Å². The van der Waals surface area contributed by atoms with Gasteiger partial charge in [0.05, 0.1) is 34.4 Å². The number of carboxylic acids is 1. The second-order valence-electron chi connectivity index (χ2n) is 18.0. The first-order chi connectivity index (χ1) is 33.1. The zero-order valence-electron chi connectivity index (χ0n) is 43.5. The number of rotatable bonds is 45. The van der Waals surface area contributed by atoms with Gasteiger partial charge in [-0.15, -0.1) is 0 Å². The summed E-state index contributed by atoms with van der Waals surface area (Å²) >= 11 is 0. The third kappa shape index (κ3) is 46.6. The fourth-order valence-corrected chi connectivity index (χ4v) is 6.76. The lowest BCUT2D eigenvalue weighted by atomic mass is 10.1. The van der Waals surface area contributed by atoms with Gasteiger partial charge in [-0.05, 0) is 116 Å². The molecule has 0 aliphatic rings. The molecule has 8 nitrogen and oxygen atoms in total. The third-order valence-electron chi connectivity index (χ3n) is 10.8. The summed E-state index contributed by atoms with van der Waals surface area (Å²) in [6, 6.07) is -0.637. The van der Waals surface area contributed by atoms with Crippen molar-refractivity contribution >= 4 is 17.9 Å². The highest BCUT2D eigenvalue weighted by Crippen LogP contribution is 2.12. The molecule has 0 aliphatic carbocycles. The normalized spacial score (nSPS) is 14.0. The summed E-state index contributed by atoms with van der Waals surface area (Å²) in [5.41, 5.74) is 0. The number of nitrogens with zero attached hydrogens (tertiary/aromatic N) is 1. The Balaban J connectivity index is 4.42. The first-order valence-corrected chi connectivity index (χ1v) is 26.2. The number of quaternary nitrogens is 1. The molecule has 0 spiro atoms. The van der Waals surface area contributed by atoms with Crippen molar-refractivity contribution in [1.29, 1.82) is 0 Å². The molecule has 2 atom stereocenters. The van der Waals surface area contributed by atoms with Crippen LogP contribution in [0.3, 0.4) is 0 Å². The van der Waals surface area contributed by atoms with Gasteiger partial charge < -0.3 is 23.8 Å². The lowest BCUT2D eigenvalue weighted by Crippen LogP contribution is -2.50. The highest BCUT2D eigenvalue weighted by Gasteiger charge is 2.31. The Bertz CT molecular complexity index is 1570. The molecule has 0 radical (unpaired) electrons. The summed E-state index contributed by atoms with van der Waals surface area (Å²) in [6.07, 6.45) is 70.7. The van der Waals surface area contributed by atoms with E-state index in [0.29, 0.717) is 12.8 Å². The topological polar surface area (TPSA) is 99.1 Å². The van der Waals surface area contributed by atoms with Crippen LogP contribution in [0, 0.1) is 0 Å². The van der Waals surface area contributed by atoms with Gasteiger partial charge in [0, 0.05) is 19.3 Å². The molecule has 0 aromatic heterocycles. The Kier molecular flexibility index (Phi) is 45.7. The smallest absolute Gasteiger partial charge is 0.362 e. The SMILES string of the molecule is CC/C=C/C/C=C/C/C=C/C/C=C/C/C=C/C/C=C/CCCCCCC(=O)OC(COCCC(C(=O)O)[N+](C)(C)C)COC(=O)CCCC/C=C/C/C=C/C/C=C/C/C=C/C/C=C/CCCCC. The maximum atomic E-state index is 12.8. The molecule has 0 heterocycles. The number of esters is 2. The van der Waals surface area contributed by atoms with Gasteiger partial charge in [-0.1, -0.05) is 173 Å². The first-order valence-electron chi connectivity index (χ1n) is 26.2. The Morgan fingerprint density at radius 3 is 1.24 bits per heavy atom. The summed E-state index contributed by atoms with van der Waals surface area (Å²) < 4.78 is 17.3. The zero-order chi connectivity index (χ0) is 49.9. The van der Waals surface area contributed by atoms with Crippen molar-refractivity contribution in [3.63, 3.8) is 0 Å². The molecule has 0 bridgehead atoms. The lowest BCUT2D eigenvalue weighted by Gasteiger charge is -2.31. The van der Waals surface area contributed by atoms with Crippen LogP contribution < -0.4 is 0 Å². The quantitative estimate of drug-likeness (QED) is 0.0281. The minimum absolute atomic E-state index is 0.0265. The van der Waals surface area contributed by atoms with Crippen LogP contribution >= 0.6 is 0 Å². The summed E-state index contributed by atoms with van der Waals surface area (Å²) in [7, 11) is 5.50. The molecule has 382 valence electrons. The molecule has 0 saturated carbocycles. The van der Waals surface area contributed by atoms with E-state index in [1.54, 1.807) is 0 Å². The zero-order valence-corrected chi connectivity index (χ0v) is 43.5.